The Bertz CT molecular complexity index is 1270. The highest BCUT2D eigenvalue weighted by Gasteiger charge is 2.27. The van der Waals surface area contributed by atoms with Crippen LogP contribution < -0.4 is 20.9 Å². The Kier molecular flexibility index (Phi) is 9.75. The van der Waals surface area contributed by atoms with E-state index in [4.69, 9.17) is 0 Å². The van der Waals surface area contributed by atoms with Crippen LogP contribution in [0.2, 0.25) is 0 Å². The lowest BCUT2D eigenvalue weighted by molar-refractivity contribution is 0.0880. The molecule has 3 aromatic rings. The van der Waals surface area contributed by atoms with Crippen molar-refractivity contribution >= 4 is 35.7 Å². The molecule has 2 aromatic carbocycles. The molecule has 2 atom stereocenters. The predicted octanol–water partition coefficient (Wildman–Crippen LogP) is 2.18. The number of carbonyl (C=O) groups is 3. The first-order chi connectivity index (χ1) is 17.8. The fraction of sp³-hybridized carbons (Fsp3) is 0.296. The molecule has 1 fully saturated rings. The van der Waals surface area contributed by atoms with Crippen LogP contribution in [0.4, 0.5) is 5.69 Å². The highest BCUT2D eigenvalue weighted by Crippen LogP contribution is 2.25. The molecule has 10 nitrogen and oxygen atoms in total. The van der Waals surface area contributed by atoms with E-state index in [2.05, 4.69) is 25.9 Å². The fourth-order valence-corrected chi connectivity index (χ4v) is 4.20. The Morgan fingerprint density at radius 1 is 0.974 bits per heavy atom. The molecule has 1 saturated heterocycles. The van der Waals surface area contributed by atoms with Gasteiger partial charge in [0.1, 0.15) is 17.8 Å². The molecule has 4 N–H and O–H groups in total. The number of nitrogens with zero attached hydrogens (tertiary/aromatic N) is 3. The van der Waals surface area contributed by atoms with E-state index < -0.39 is 0 Å². The van der Waals surface area contributed by atoms with Gasteiger partial charge in [-0.15, -0.1) is 12.4 Å². The number of halogens is 1. The molecule has 2 amide bonds. The number of hydrogen-bond donors (Lipinski definition) is 4. The smallest absolute Gasteiger partial charge is 0.270 e. The van der Waals surface area contributed by atoms with E-state index in [9.17, 15) is 19.5 Å². The number of phenolic OH excluding ortho intramolecular Hbond substituents is 1. The topological polar surface area (TPSA) is 137 Å². The first-order valence-electron chi connectivity index (χ1n) is 12.1. The molecule has 0 spiro atoms. The Hall–Kier alpha value is -4.02. The molecular weight excluding hydrogens is 508 g/mol. The number of aromatic nitrogens is 2. The van der Waals surface area contributed by atoms with Gasteiger partial charge in [-0.25, -0.2) is 9.97 Å². The third-order valence-electron chi connectivity index (χ3n) is 6.32. The molecule has 0 saturated carbocycles. The lowest BCUT2D eigenvalue weighted by Gasteiger charge is -2.27. The fourth-order valence-electron chi connectivity index (χ4n) is 4.20. The summed E-state index contributed by atoms with van der Waals surface area (Å²) in [4.78, 5) is 48.4. The van der Waals surface area contributed by atoms with Gasteiger partial charge < -0.3 is 26.0 Å². The number of ketones is 1. The SMILES string of the molecule is CN(C)c1ccc(O)c(C(=O)c2ccc(C(=O)N[C@@H]3CCCNC[C@H]3NC(=O)c3ccncn3)cc2)c1.Cl. The second-order valence-electron chi connectivity index (χ2n) is 9.10. The molecule has 11 heteroatoms. The molecule has 1 aromatic heterocycles. The summed E-state index contributed by atoms with van der Waals surface area (Å²) in [6, 6.07) is 12.1. The van der Waals surface area contributed by atoms with Crippen molar-refractivity contribution in [1.82, 2.24) is 25.9 Å². The Morgan fingerprint density at radius 2 is 1.68 bits per heavy atom. The highest BCUT2D eigenvalue weighted by molar-refractivity contribution is 6.11. The summed E-state index contributed by atoms with van der Waals surface area (Å²) < 4.78 is 0. The van der Waals surface area contributed by atoms with Gasteiger partial charge in [0.25, 0.3) is 11.8 Å². The van der Waals surface area contributed by atoms with Crippen molar-refractivity contribution in [2.24, 2.45) is 0 Å². The van der Waals surface area contributed by atoms with Gasteiger partial charge in [0.2, 0.25) is 0 Å². The maximum Gasteiger partial charge on any atom is 0.270 e. The first-order valence-corrected chi connectivity index (χ1v) is 12.1. The molecule has 38 heavy (non-hydrogen) atoms. The summed E-state index contributed by atoms with van der Waals surface area (Å²) in [5.41, 5.74) is 1.98. The number of aromatic hydroxyl groups is 1. The summed E-state index contributed by atoms with van der Waals surface area (Å²) >= 11 is 0. The van der Waals surface area contributed by atoms with Crippen LogP contribution in [-0.2, 0) is 0 Å². The van der Waals surface area contributed by atoms with Gasteiger partial charge >= 0.3 is 0 Å². The van der Waals surface area contributed by atoms with Crippen molar-refractivity contribution in [2.75, 3.05) is 32.1 Å². The van der Waals surface area contributed by atoms with E-state index in [1.165, 1.54) is 24.7 Å². The number of anilines is 1. The lowest BCUT2D eigenvalue weighted by Crippen LogP contribution is -2.54. The number of nitrogens with one attached hydrogen (secondary N) is 3. The molecule has 1 aliphatic rings. The summed E-state index contributed by atoms with van der Waals surface area (Å²) in [6.45, 7) is 1.29. The van der Waals surface area contributed by atoms with Crippen LogP contribution in [0.5, 0.6) is 5.75 Å². The second kappa shape index (κ2) is 13.0. The van der Waals surface area contributed by atoms with Gasteiger partial charge in [-0.05, 0) is 55.8 Å². The third kappa shape index (κ3) is 6.84. The minimum atomic E-state index is -0.338. The number of phenols is 1. The summed E-state index contributed by atoms with van der Waals surface area (Å²) in [7, 11) is 3.70. The number of hydrogen-bond acceptors (Lipinski definition) is 8. The van der Waals surface area contributed by atoms with Crippen molar-refractivity contribution < 1.29 is 19.5 Å². The molecule has 4 rings (SSSR count). The van der Waals surface area contributed by atoms with Crippen LogP contribution in [0.25, 0.3) is 0 Å². The molecule has 0 unspecified atom stereocenters. The number of rotatable bonds is 7. The summed E-state index contributed by atoms with van der Waals surface area (Å²) in [5, 5.41) is 19.5. The number of carbonyl (C=O) groups excluding carboxylic acids is 3. The van der Waals surface area contributed by atoms with Gasteiger partial charge in [-0.1, -0.05) is 12.1 Å². The molecule has 2 heterocycles. The van der Waals surface area contributed by atoms with Gasteiger partial charge in [0, 0.05) is 43.7 Å². The molecule has 0 radical (unpaired) electrons. The average Bonchev–Trinajstić information content (AvgIpc) is 3.13. The zero-order chi connectivity index (χ0) is 26.4. The van der Waals surface area contributed by atoms with Crippen molar-refractivity contribution in [3.63, 3.8) is 0 Å². The van der Waals surface area contributed by atoms with E-state index in [0.29, 0.717) is 24.1 Å². The van der Waals surface area contributed by atoms with Gasteiger partial charge in [0.15, 0.2) is 5.78 Å². The second-order valence-corrected chi connectivity index (χ2v) is 9.10. The zero-order valence-electron chi connectivity index (χ0n) is 21.2. The third-order valence-corrected chi connectivity index (χ3v) is 6.32. The van der Waals surface area contributed by atoms with Crippen LogP contribution in [0.1, 0.15) is 49.6 Å². The van der Waals surface area contributed by atoms with Crippen LogP contribution in [0.15, 0.2) is 61.1 Å². The number of benzene rings is 2. The van der Waals surface area contributed by atoms with Crippen LogP contribution >= 0.6 is 12.4 Å². The first kappa shape index (κ1) is 28.5. The predicted molar refractivity (Wildman–Crippen MR) is 146 cm³/mol. The van der Waals surface area contributed by atoms with Crippen molar-refractivity contribution in [3.8, 4) is 5.75 Å². The monoisotopic (exact) mass is 538 g/mol. The van der Waals surface area contributed by atoms with E-state index >= 15 is 0 Å². The van der Waals surface area contributed by atoms with Gasteiger partial charge in [0.05, 0.1) is 17.6 Å². The van der Waals surface area contributed by atoms with E-state index in [1.54, 1.807) is 36.4 Å². The van der Waals surface area contributed by atoms with Crippen molar-refractivity contribution in [3.05, 3.63) is 83.4 Å². The number of amides is 2. The average molecular weight is 539 g/mol. The summed E-state index contributed by atoms with van der Waals surface area (Å²) in [6.07, 6.45) is 4.34. The minimum absolute atomic E-state index is 0. The van der Waals surface area contributed by atoms with Crippen LogP contribution in [0, 0.1) is 0 Å². The van der Waals surface area contributed by atoms with E-state index in [0.717, 1.165) is 18.7 Å². The molecule has 0 aliphatic carbocycles. The van der Waals surface area contributed by atoms with Crippen LogP contribution in [-0.4, -0.2) is 71.9 Å². The van der Waals surface area contributed by atoms with Gasteiger partial charge in [-0.2, -0.15) is 0 Å². The Balaban J connectivity index is 0.00000400. The van der Waals surface area contributed by atoms with Gasteiger partial charge in [-0.3, -0.25) is 14.4 Å². The van der Waals surface area contributed by atoms with Crippen molar-refractivity contribution in [1.29, 1.82) is 0 Å². The molecule has 0 bridgehead atoms. The minimum Gasteiger partial charge on any atom is -0.507 e. The molecule has 200 valence electrons. The van der Waals surface area contributed by atoms with Crippen molar-refractivity contribution in [2.45, 2.75) is 24.9 Å². The normalized spacial score (nSPS) is 16.9. The summed E-state index contributed by atoms with van der Waals surface area (Å²) in [5.74, 6) is -1.07. The standard InChI is InChI=1S/C27H30N6O4.ClH/c1-33(2)19-9-10-24(34)20(14-19)25(35)17-5-7-18(8-6-17)26(36)31-21-4-3-12-28-15-23(21)32-27(37)22-11-13-29-16-30-22;/h5-11,13-14,16,21,23,28,34H,3-4,12,15H2,1-2H3,(H,31,36)(H,32,37);1H/t21-,23-;/m1./s1. The van der Waals surface area contributed by atoms with Crippen LogP contribution in [0.3, 0.4) is 0 Å². The zero-order valence-corrected chi connectivity index (χ0v) is 22.0. The maximum absolute atomic E-state index is 13.1. The van der Waals surface area contributed by atoms with E-state index in [-0.39, 0.29) is 59.1 Å². The quantitative estimate of drug-likeness (QED) is 0.336. The Labute approximate surface area is 227 Å². The maximum atomic E-state index is 13.1. The highest BCUT2D eigenvalue weighted by atomic mass is 35.5. The largest absolute Gasteiger partial charge is 0.507 e. The molecular formula is C27H31ClN6O4. The lowest BCUT2D eigenvalue weighted by atomic mass is 9.99. The van der Waals surface area contributed by atoms with E-state index in [1.807, 2.05) is 19.0 Å². The molecule has 1 aliphatic heterocycles. The Morgan fingerprint density at radius 3 is 2.37 bits per heavy atom.